The van der Waals surface area contributed by atoms with Crippen molar-refractivity contribution in [2.24, 2.45) is 0 Å². The molecule has 0 radical (unpaired) electrons. The quantitative estimate of drug-likeness (QED) is 0.335. The minimum Gasteiger partial charge on any atom is -0.491 e. The van der Waals surface area contributed by atoms with Crippen molar-refractivity contribution >= 4 is 34.0 Å². The molecule has 160 valence electrons. The van der Waals surface area contributed by atoms with Crippen LogP contribution in [-0.2, 0) is 6.42 Å². The number of aliphatic hydroxyl groups is 1. The molecule has 31 heavy (non-hydrogen) atoms. The predicted molar refractivity (Wildman–Crippen MR) is 118 cm³/mol. The number of H-pyrrole nitrogens is 1. The molecule has 0 aliphatic rings. The molecule has 4 aromatic rings. The number of rotatable bonds is 8. The lowest BCUT2D eigenvalue weighted by Gasteiger charge is -2.12. The lowest BCUT2D eigenvalue weighted by molar-refractivity contribution is 0.242. The largest absolute Gasteiger partial charge is 0.491 e. The SMILES string of the molecule is CC(C)Oc1ccc(Nc2nc(Nc3ccc4[nH]nc(CCO)c4c3)ncc2F)cc1. The average Bonchev–Trinajstić information content (AvgIpc) is 3.14. The van der Waals surface area contributed by atoms with Gasteiger partial charge in [0.25, 0.3) is 0 Å². The van der Waals surface area contributed by atoms with Gasteiger partial charge < -0.3 is 20.5 Å². The zero-order valence-electron chi connectivity index (χ0n) is 17.2. The molecule has 0 spiro atoms. The molecule has 0 aliphatic heterocycles. The van der Waals surface area contributed by atoms with E-state index in [1.54, 1.807) is 12.1 Å². The van der Waals surface area contributed by atoms with E-state index in [1.165, 1.54) is 0 Å². The van der Waals surface area contributed by atoms with Crippen LogP contribution in [0.5, 0.6) is 5.75 Å². The molecular weight excluding hydrogens is 399 g/mol. The van der Waals surface area contributed by atoms with Crippen LogP contribution in [0.3, 0.4) is 0 Å². The van der Waals surface area contributed by atoms with Crippen molar-refractivity contribution in [3.05, 3.63) is 60.2 Å². The van der Waals surface area contributed by atoms with Crippen molar-refractivity contribution in [2.75, 3.05) is 17.2 Å². The van der Waals surface area contributed by atoms with Crippen molar-refractivity contribution in [3.63, 3.8) is 0 Å². The Balaban J connectivity index is 1.52. The van der Waals surface area contributed by atoms with E-state index in [4.69, 9.17) is 4.74 Å². The fourth-order valence-corrected chi connectivity index (χ4v) is 3.11. The zero-order valence-corrected chi connectivity index (χ0v) is 17.2. The Labute approximate surface area is 178 Å². The van der Waals surface area contributed by atoms with Crippen LogP contribution >= 0.6 is 0 Å². The number of fused-ring (bicyclic) bond motifs is 1. The molecule has 9 heteroatoms. The number of nitrogens with one attached hydrogen (secondary N) is 3. The Morgan fingerprint density at radius 3 is 2.61 bits per heavy atom. The van der Waals surface area contributed by atoms with Crippen LogP contribution in [-0.4, -0.2) is 38.0 Å². The standard InChI is InChI=1S/C22H23FN6O2/c1-13(2)31-16-6-3-14(4-7-16)25-21-18(23)12-24-22(27-21)26-15-5-8-19-17(11-15)20(9-10-30)29-28-19/h3-8,11-13,30H,9-10H2,1-2H3,(H,28,29)(H2,24,25,26,27). The van der Waals surface area contributed by atoms with Crippen LogP contribution in [0.1, 0.15) is 19.5 Å². The zero-order chi connectivity index (χ0) is 21.8. The number of aromatic nitrogens is 4. The van der Waals surface area contributed by atoms with E-state index in [2.05, 4.69) is 30.8 Å². The van der Waals surface area contributed by atoms with Gasteiger partial charge in [-0.25, -0.2) is 9.37 Å². The number of hydrogen-bond donors (Lipinski definition) is 4. The van der Waals surface area contributed by atoms with Gasteiger partial charge in [-0.3, -0.25) is 5.10 Å². The molecule has 2 heterocycles. The molecule has 0 unspecified atom stereocenters. The van der Waals surface area contributed by atoms with E-state index in [0.717, 1.165) is 34.2 Å². The number of aliphatic hydroxyl groups excluding tert-OH is 1. The van der Waals surface area contributed by atoms with Gasteiger partial charge in [0.1, 0.15) is 5.75 Å². The van der Waals surface area contributed by atoms with Gasteiger partial charge in [-0.05, 0) is 56.3 Å². The second-order valence-electron chi connectivity index (χ2n) is 7.24. The lowest BCUT2D eigenvalue weighted by Crippen LogP contribution is -2.05. The highest BCUT2D eigenvalue weighted by atomic mass is 19.1. The molecule has 0 aliphatic carbocycles. The fourth-order valence-electron chi connectivity index (χ4n) is 3.11. The summed E-state index contributed by atoms with van der Waals surface area (Å²) in [6.45, 7) is 3.92. The molecule has 0 atom stereocenters. The Hall–Kier alpha value is -3.72. The Morgan fingerprint density at radius 2 is 1.87 bits per heavy atom. The first kappa shape index (κ1) is 20.5. The van der Waals surface area contributed by atoms with E-state index in [1.807, 2.05) is 44.2 Å². The van der Waals surface area contributed by atoms with Crippen LogP contribution in [0.15, 0.2) is 48.7 Å². The third-order valence-corrected chi connectivity index (χ3v) is 4.48. The molecular formula is C22H23FN6O2. The van der Waals surface area contributed by atoms with E-state index in [0.29, 0.717) is 12.1 Å². The van der Waals surface area contributed by atoms with E-state index < -0.39 is 5.82 Å². The summed E-state index contributed by atoms with van der Waals surface area (Å²) in [5.41, 5.74) is 3.03. The first-order chi connectivity index (χ1) is 15.0. The summed E-state index contributed by atoms with van der Waals surface area (Å²) in [6.07, 6.45) is 1.64. The number of hydrogen-bond acceptors (Lipinski definition) is 7. The Kier molecular flexibility index (Phi) is 5.94. The monoisotopic (exact) mass is 422 g/mol. The van der Waals surface area contributed by atoms with Gasteiger partial charge in [0.05, 0.1) is 23.5 Å². The topological polar surface area (TPSA) is 108 Å². The number of aromatic amines is 1. The van der Waals surface area contributed by atoms with Crippen LogP contribution in [0.2, 0.25) is 0 Å². The van der Waals surface area contributed by atoms with Gasteiger partial charge in [0.2, 0.25) is 5.95 Å². The first-order valence-electron chi connectivity index (χ1n) is 9.93. The van der Waals surface area contributed by atoms with Crippen molar-refractivity contribution < 1.29 is 14.2 Å². The average molecular weight is 422 g/mol. The molecule has 0 amide bonds. The minimum absolute atomic E-state index is 0.0122. The summed E-state index contributed by atoms with van der Waals surface area (Å²) in [5, 5.41) is 23.3. The minimum atomic E-state index is -0.566. The molecule has 4 rings (SSSR count). The second kappa shape index (κ2) is 8.97. The highest BCUT2D eigenvalue weighted by molar-refractivity contribution is 5.85. The third-order valence-electron chi connectivity index (χ3n) is 4.48. The summed E-state index contributed by atoms with van der Waals surface area (Å²) >= 11 is 0. The third kappa shape index (κ3) is 4.89. The second-order valence-corrected chi connectivity index (χ2v) is 7.24. The van der Waals surface area contributed by atoms with Crippen LogP contribution in [0, 0.1) is 5.82 Å². The normalized spacial score (nSPS) is 11.1. The Morgan fingerprint density at radius 1 is 1.10 bits per heavy atom. The summed E-state index contributed by atoms with van der Waals surface area (Å²) in [7, 11) is 0. The summed E-state index contributed by atoms with van der Waals surface area (Å²) < 4.78 is 19.9. The lowest BCUT2D eigenvalue weighted by atomic mass is 10.1. The summed E-state index contributed by atoms with van der Waals surface area (Å²) in [5.74, 6) is 0.473. The molecule has 0 saturated heterocycles. The smallest absolute Gasteiger partial charge is 0.229 e. The molecule has 0 fully saturated rings. The number of nitrogens with zero attached hydrogens (tertiary/aromatic N) is 3. The first-order valence-corrected chi connectivity index (χ1v) is 9.93. The van der Waals surface area contributed by atoms with Crippen molar-refractivity contribution in [3.8, 4) is 5.75 Å². The van der Waals surface area contributed by atoms with Crippen molar-refractivity contribution in [2.45, 2.75) is 26.4 Å². The number of anilines is 4. The molecule has 8 nitrogen and oxygen atoms in total. The van der Waals surface area contributed by atoms with Gasteiger partial charge in [-0.1, -0.05) is 0 Å². The van der Waals surface area contributed by atoms with Gasteiger partial charge in [0, 0.05) is 29.8 Å². The highest BCUT2D eigenvalue weighted by Gasteiger charge is 2.10. The highest BCUT2D eigenvalue weighted by Crippen LogP contribution is 2.25. The van der Waals surface area contributed by atoms with Crippen LogP contribution in [0.25, 0.3) is 10.9 Å². The summed E-state index contributed by atoms with van der Waals surface area (Å²) in [4.78, 5) is 8.29. The van der Waals surface area contributed by atoms with Crippen molar-refractivity contribution in [1.82, 2.24) is 20.2 Å². The van der Waals surface area contributed by atoms with Crippen molar-refractivity contribution in [1.29, 1.82) is 0 Å². The number of ether oxygens (including phenoxy) is 1. The molecule has 0 saturated carbocycles. The van der Waals surface area contributed by atoms with E-state index in [9.17, 15) is 9.50 Å². The molecule has 0 bridgehead atoms. The number of halogens is 1. The van der Waals surface area contributed by atoms with Crippen LogP contribution < -0.4 is 15.4 Å². The summed E-state index contributed by atoms with van der Waals surface area (Å²) in [6, 6.07) is 12.8. The van der Waals surface area contributed by atoms with Gasteiger partial charge in [0.15, 0.2) is 11.6 Å². The van der Waals surface area contributed by atoms with Gasteiger partial charge in [-0.15, -0.1) is 0 Å². The molecule has 2 aromatic carbocycles. The number of benzene rings is 2. The molecule has 4 N–H and O–H groups in total. The maximum Gasteiger partial charge on any atom is 0.229 e. The van der Waals surface area contributed by atoms with Gasteiger partial charge >= 0.3 is 0 Å². The predicted octanol–water partition coefficient (Wildman–Crippen LogP) is 4.30. The maximum absolute atomic E-state index is 14.3. The molecule has 2 aromatic heterocycles. The maximum atomic E-state index is 14.3. The van der Waals surface area contributed by atoms with Crippen LogP contribution in [0.4, 0.5) is 27.5 Å². The van der Waals surface area contributed by atoms with E-state index in [-0.39, 0.29) is 24.5 Å². The fraction of sp³-hybridized carbons (Fsp3) is 0.227. The van der Waals surface area contributed by atoms with E-state index >= 15 is 0 Å². The Bertz CT molecular complexity index is 1180. The van der Waals surface area contributed by atoms with Gasteiger partial charge in [-0.2, -0.15) is 10.1 Å².